The summed E-state index contributed by atoms with van der Waals surface area (Å²) in [4.78, 5) is 41.8. The Hall–Kier alpha value is -3.17. The molecule has 8 nitrogen and oxygen atoms in total. The second kappa shape index (κ2) is 10.0. The molecule has 0 saturated heterocycles. The summed E-state index contributed by atoms with van der Waals surface area (Å²) < 4.78 is 6.72. The van der Waals surface area contributed by atoms with E-state index in [0.29, 0.717) is 28.2 Å². The molecule has 2 amide bonds. The summed E-state index contributed by atoms with van der Waals surface area (Å²) in [6.45, 7) is 2.18. The molecule has 9 heteroatoms. The van der Waals surface area contributed by atoms with Gasteiger partial charge in [0.2, 0.25) is 5.91 Å². The zero-order valence-electron chi connectivity index (χ0n) is 16.6. The predicted molar refractivity (Wildman–Crippen MR) is 115 cm³/mol. The standard InChI is InChI=1S/C21H22N4O4S/c1-14(12-29-2)25-20(28)16-10-6-7-11-17(16)22-21(25)30-13-18(26)23-24-19(27)15-8-4-3-5-9-15/h3-11,14H,12-13H2,1-2H3,(H,23,26)(H,24,27). The van der Waals surface area contributed by atoms with Crippen LogP contribution in [0.1, 0.15) is 23.3 Å². The van der Waals surface area contributed by atoms with E-state index in [9.17, 15) is 14.4 Å². The topological polar surface area (TPSA) is 102 Å². The number of fused-ring (bicyclic) bond motifs is 1. The summed E-state index contributed by atoms with van der Waals surface area (Å²) in [5.41, 5.74) is 5.55. The highest BCUT2D eigenvalue weighted by Gasteiger charge is 2.17. The molecule has 2 aromatic carbocycles. The number of carbonyl (C=O) groups excluding carboxylic acids is 2. The summed E-state index contributed by atoms with van der Waals surface area (Å²) >= 11 is 1.12. The van der Waals surface area contributed by atoms with Crippen molar-refractivity contribution in [1.82, 2.24) is 20.4 Å². The Morgan fingerprint density at radius 1 is 1.10 bits per heavy atom. The van der Waals surface area contributed by atoms with Gasteiger partial charge in [-0.3, -0.25) is 29.8 Å². The van der Waals surface area contributed by atoms with Crippen molar-refractivity contribution in [3.8, 4) is 0 Å². The number of benzene rings is 2. The van der Waals surface area contributed by atoms with Crippen LogP contribution in [0.25, 0.3) is 10.9 Å². The number of ether oxygens (including phenoxy) is 1. The Balaban J connectivity index is 1.73. The number of hydrogen-bond acceptors (Lipinski definition) is 6. The lowest BCUT2D eigenvalue weighted by atomic mass is 10.2. The monoisotopic (exact) mass is 426 g/mol. The van der Waals surface area contributed by atoms with E-state index in [-0.39, 0.29) is 17.4 Å². The number of nitrogens with one attached hydrogen (secondary N) is 2. The Morgan fingerprint density at radius 3 is 2.53 bits per heavy atom. The lowest BCUT2D eigenvalue weighted by molar-refractivity contribution is -0.119. The first-order valence-electron chi connectivity index (χ1n) is 9.28. The van der Waals surface area contributed by atoms with Gasteiger partial charge >= 0.3 is 0 Å². The van der Waals surface area contributed by atoms with E-state index in [2.05, 4.69) is 15.8 Å². The van der Waals surface area contributed by atoms with Gasteiger partial charge in [-0.15, -0.1) is 0 Å². The van der Waals surface area contributed by atoms with E-state index in [1.165, 1.54) is 4.57 Å². The third-order valence-corrected chi connectivity index (χ3v) is 5.26. The van der Waals surface area contributed by atoms with Gasteiger partial charge in [0.05, 0.1) is 29.3 Å². The number of aromatic nitrogens is 2. The van der Waals surface area contributed by atoms with E-state index in [4.69, 9.17) is 4.74 Å². The first-order chi connectivity index (χ1) is 14.5. The van der Waals surface area contributed by atoms with Gasteiger partial charge in [-0.25, -0.2) is 4.98 Å². The van der Waals surface area contributed by atoms with Crippen molar-refractivity contribution in [2.45, 2.75) is 18.1 Å². The fourth-order valence-corrected chi connectivity index (χ4v) is 3.78. The lowest BCUT2D eigenvalue weighted by Crippen LogP contribution is -2.42. The highest BCUT2D eigenvalue weighted by Crippen LogP contribution is 2.21. The lowest BCUT2D eigenvalue weighted by Gasteiger charge is -2.18. The molecular formula is C21H22N4O4S. The van der Waals surface area contributed by atoms with Crippen LogP contribution in [0.2, 0.25) is 0 Å². The Labute approximate surface area is 177 Å². The van der Waals surface area contributed by atoms with Crippen LogP contribution in [0.5, 0.6) is 0 Å². The number of carbonyl (C=O) groups is 2. The van der Waals surface area contributed by atoms with E-state index in [1.54, 1.807) is 61.7 Å². The molecule has 2 N–H and O–H groups in total. The molecule has 1 aromatic heterocycles. The molecule has 156 valence electrons. The van der Waals surface area contributed by atoms with E-state index in [1.807, 2.05) is 6.92 Å². The van der Waals surface area contributed by atoms with Crippen LogP contribution in [-0.2, 0) is 9.53 Å². The van der Waals surface area contributed by atoms with Crippen molar-refractivity contribution in [3.63, 3.8) is 0 Å². The van der Waals surface area contributed by atoms with Gasteiger partial charge in [-0.2, -0.15) is 0 Å². The van der Waals surface area contributed by atoms with Crippen LogP contribution in [-0.4, -0.2) is 40.8 Å². The largest absolute Gasteiger partial charge is 0.383 e. The van der Waals surface area contributed by atoms with Crippen LogP contribution < -0.4 is 16.4 Å². The molecule has 0 aliphatic rings. The van der Waals surface area contributed by atoms with Crippen molar-refractivity contribution in [2.24, 2.45) is 0 Å². The molecule has 1 atom stereocenters. The smallest absolute Gasteiger partial charge is 0.269 e. The average molecular weight is 426 g/mol. The van der Waals surface area contributed by atoms with Gasteiger partial charge < -0.3 is 4.74 Å². The molecule has 30 heavy (non-hydrogen) atoms. The van der Waals surface area contributed by atoms with Crippen molar-refractivity contribution in [1.29, 1.82) is 0 Å². The quantitative estimate of drug-likeness (QED) is 0.341. The molecule has 0 spiro atoms. The Bertz CT molecular complexity index is 1100. The summed E-state index contributed by atoms with van der Waals surface area (Å²) in [6.07, 6.45) is 0. The number of hydrogen-bond donors (Lipinski definition) is 2. The van der Waals surface area contributed by atoms with E-state index < -0.39 is 11.8 Å². The van der Waals surface area contributed by atoms with Crippen LogP contribution in [0.4, 0.5) is 0 Å². The fourth-order valence-electron chi connectivity index (χ4n) is 2.89. The van der Waals surface area contributed by atoms with Crippen molar-refractivity contribution in [3.05, 3.63) is 70.5 Å². The molecule has 1 unspecified atom stereocenters. The van der Waals surface area contributed by atoms with Gasteiger partial charge in [-0.1, -0.05) is 42.1 Å². The number of para-hydroxylation sites is 1. The van der Waals surface area contributed by atoms with Crippen LogP contribution >= 0.6 is 11.8 Å². The second-order valence-electron chi connectivity index (χ2n) is 6.55. The van der Waals surface area contributed by atoms with Crippen molar-refractivity contribution in [2.75, 3.05) is 19.5 Å². The minimum absolute atomic E-state index is 0.0282. The Morgan fingerprint density at radius 2 is 1.80 bits per heavy atom. The van der Waals surface area contributed by atoms with Gasteiger partial charge in [0.15, 0.2) is 5.16 Å². The zero-order valence-corrected chi connectivity index (χ0v) is 17.4. The Kier molecular flexibility index (Phi) is 7.21. The molecule has 0 saturated carbocycles. The molecule has 3 rings (SSSR count). The third kappa shape index (κ3) is 5.05. The third-order valence-electron chi connectivity index (χ3n) is 4.31. The summed E-state index contributed by atoms with van der Waals surface area (Å²) in [5.74, 6) is -0.861. The van der Waals surface area contributed by atoms with Crippen LogP contribution in [0.3, 0.4) is 0 Å². The number of hydrazine groups is 1. The van der Waals surface area contributed by atoms with Gasteiger partial charge in [0.1, 0.15) is 0 Å². The number of thioether (sulfide) groups is 1. The second-order valence-corrected chi connectivity index (χ2v) is 7.49. The number of nitrogens with zero attached hydrogens (tertiary/aromatic N) is 2. The van der Waals surface area contributed by atoms with Crippen LogP contribution in [0, 0.1) is 0 Å². The summed E-state index contributed by atoms with van der Waals surface area (Å²) in [5, 5.41) is 0.914. The van der Waals surface area contributed by atoms with Crippen LogP contribution in [0.15, 0.2) is 64.5 Å². The summed E-state index contributed by atoms with van der Waals surface area (Å²) in [7, 11) is 1.56. The summed E-state index contributed by atoms with van der Waals surface area (Å²) in [6, 6.07) is 15.4. The maximum absolute atomic E-state index is 13.0. The fraction of sp³-hybridized carbons (Fsp3) is 0.238. The molecule has 0 bridgehead atoms. The predicted octanol–water partition coefficient (Wildman–Crippen LogP) is 2.16. The van der Waals surface area contributed by atoms with E-state index >= 15 is 0 Å². The normalized spacial score (nSPS) is 11.8. The van der Waals surface area contributed by atoms with Gasteiger partial charge in [0, 0.05) is 12.7 Å². The minimum atomic E-state index is -0.419. The molecule has 0 aliphatic heterocycles. The maximum atomic E-state index is 13.0. The maximum Gasteiger partial charge on any atom is 0.269 e. The molecule has 3 aromatic rings. The van der Waals surface area contributed by atoms with E-state index in [0.717, 1.165) is 11.8 Å². The molecule has 0 fully saturated rings. The first kappa shape index (κ1) is 21.5. The highest BCUT2D eigenvalue weighted by molar-refractivity contribution is 7.99. The SMILES string of the molecule is COCC(C)n1c(SCC(=O)NNC(=O)c2ccccc2)nc2ccccc2c1=O. The molecule has 0 radical (unpaired) electrons. The minimum Gasteiger partial charge on any atom is -0.383 e. The van der Waals surface area contributed by atoms with Gasteiger partial charge in [-0.05, 0) is 31.2 Å². The molecule has 0 aliphatic carbocycles. The number of amides is 2. The molecular weight excluding hydrogens is 404 g/mol. The molecule has 1 heterocycles. The number of rotatable bonds is 7. The van der Waals surface area contributed by atoms with Gasteiger partial charge in [0.25, 0.3) is 11.5 Å². The zero-order chi connectivity index (χ0) is 21.5. The number of methoxy groups -OCH3 is 1. The highest BCUT2D eigenvalue weighted by atomic mass is 32.2. The first-order valence-corrected chi connectivity index (χ1v) is 10.3. The van der Waals surface area contributed by atoms with Crippen molar-refractivity contribution < 1.29 is 14.3 Å². The van der Waals surface area contributed by atoms with Crippen molar-refractivity contribution >= 4 is 34.5 Å². The average Bonchev–Trinajstić information content (AvgIpc) is 2.76.